The van der Waals surface area contributed by atoms with E-state index in [4.69, 9.17) is 4.74 Å². The molecule has 76 valence electrons. The highest BCUT2D eigenvalue weighted by molar-refractivity contribution is 5.83. The van der Waals surface area contributed by atoms with Crippen molar-refractivity contribution in [2.24, 2.45) is 0 Å². The Morgan fingerprint density at radius 2 is 1.85 bits per heavy atom. The molecule has 0 aromatic rings. The molecule has 0 aromatic heterocycles. The first kappa shape index (κ1) is 11.9. The Morgan fingerprint density at radius 3 is 2.23 bits per heavy atom. The van der Waals surface area contributed by atoms with Crippen molar-refractivity contribution in [3.8, 4) is 0 Å². The number of rotatable bonds is 4. The maximum absolute atomic E-state index is 11.2. The van der Waals surface area contributed by atoms with E-state index in [0.717, 1.165) is 0 Å². The Kier molecular flexibility index (Phi) is 5.11. The van der Waals surface area contributed by atoms with Crippen LogP contribution in [0.3, 0.4) is 0 Å². The van der Waals surface area contributed by atoms with Gasteiger partial charge in [-0.1, -0.05) is 6.92 Å². The minimum atomic E-state index is -0.699. The molecule has 0 spiro atoms. The summed E-state index contributed by atoms with van der Waals surface area (Å²) in [6.07, 6.45) is -0.408. The van der Waals surface area contributed by atoms with Crippen molar-refractivity contribution in [2.75, 3.05) is 0 Å². The molecule has 0 aromatic carbocycles. The monoisotopic (exact) mass is 187 g/mol. The molecule has 0 saturated carbocycles. The van der Waals surface area contributed by atoms with Crippen molar-refractivity contribution in [3.63, 3.8) is 0 Å². The van der Waals surface area contributed by atoms with Crippen molar-refractivity contribution in [1.82, 2.24) is 5.32 Å². The van der Waals surface area contributed by atoms with Crippen LogP contribution in [0.25, 0.3) is 0 Å². The first-order valence-electron chi connectivity index (χ1n) is 4.47. The van der Waals surface area contributed by atoms with Gasteiger partial charge in [-0.05, 0) is 20.8 Å². The van der Waals surface area contributed by atoms with Crippen LogP contribution in [-0.4, -0.2) is 24.0 Å². The fourth-order valence-electron chi connectivity index (χ4n) is 0.736. The number of carbonyl (C=O) groups is 2. The second-order valence-corrected chi connectivity index (χ2v) is 3.15. The van der Waals surface area contributed by atoms with Crippen molar-refractivity contribution >= 4 is 11.9 Å². The van der Waals surface area contributed by atoms with E-state index in [1.54, 1.807) is 13.8 Å². The van der Waals surface area contributed by atoms with Crippen LogP contribution in [0.5, 0.6) is 0 Å². The van der Waals surface area contributed by atoms with E-state index in [1.807, 2.05) is 13.8 Å². The van der Waals surface area contributed by atoms with E-state index in [2.05, 4.69) is 5.32 Å². The van der Waals surface area contributed by atoms with Crippen molar-refractivity contribution in [2.45, 2.75) is 46.3 Å². The first-order chi connectivity index (χ1) is 5.97. The number of hydrogen-bond donors (Lipinski definition) is 1. The Labute approximate surface area is 78.6 Å². The first-order valence-corrected chi connectivity index (χ1v) is 4.47. The standard InChI is InChI=1S/C9H17NO3/c1-5-8(11)13-7(4)9(12)10-6(2)3/h6-7H,5H2,1-4H3,(H,10,12). The van der Waals surface area contributed by atoms with E-state index in [-0.39, 0.29) is 17.9 Å². The third-order valence-electron chi connectivity index (χ3n) is 1.40. The quantitative estimate of drug-likeness (QED) is 0.664. The molecule has 4 heteroatoms. The zero-order valence-corrected chi connectivity index (χ0v) is 8.59. The van der Waals surface area contributed by atoms with Crippen molar-refractivity contribution in [1.29, 1.82) is 0 Å². The molecule has 1 N–H and O–H groups in total. The van der Waals surface area contributed by atoms with Gasteiger partial charge in [-0.25, -0.2) is 0 Å². The summed E-state index contributed by atoms with van der Waals surface area (Å²) >= 11 is 0. The SMILES string of the molecule is CCC(=O)OC(C)C(=O)NC(C)C. The second-order valence-electron chi connectivity index (χ2n) is 3.15. The predicted octanol–water partition coefficient (Wildman–Crippen LogP) is 0.853. The van der Waals surface area contributed by atoms with E-state index >= 15 is 0 Å². The highest BCUT2D eigenvalue weighted by atomic mass is 16.5. The molecule has 0 saturated heterocycles. The molecule has 13 heavy (non-hydrogen) atoms. The summed E-state index contributed by atoms with van der Waals surface area (Å²) in [6, 6.07) is 0.0651. The lowest BCUT2D eigenvalue weighted by atomic mass is 10.3. The fourth-order valence-corrected chi connectivity index (χ4v) is 0.736. The number of carbonyl (C=O) groups excluding carboxylic acids is 2. The highest BCUT2D eigenvalue weighted by Gasteiger charge is 2.16. The van der Waals surface area contributed by atoms with Crippen LogP contribution in [0, 0.1) is 0 Å². The maximum Gasteiger partial charge on any atom is 0.306 e. The van der Waals surface area contributed by atoms with Crippen LogP contribution < -0.4 is 5.32 Å². The van der Waals surface area contributed by atoms with Gasteiger partial charge < -0.3 is 10.1 Å². The molecule has 0 aliphatic heterocycles. The Morgan fingerprint density at radius 1 is 1.31 bits per heavy atom. The molecule has 1 amide bonds. The fraction of sp³-hybridized carbons (Fsp3) is 0.778. The maximum atomic E-state index is 11.2. The lowest BCUT2D eigenvalue weighted by Gasteiger charge is -2.14. The van der Waals surface area contributed by atoms with Crippen LogP contribution in [0.2, 0.25) is 0 Å². The summed E-state index contributed by atoms with van der Waals surface area (Å²) in [4.78, 5) is 22.0. The van der Waals surface area contributed by atoms with E-state index in [9.17, 15) is 9.59 Å². The van der Waals surface area contributed by atoms with Crippen LogP contribution in [0.4, 0.5) is 0 Å². The van der Waals surface area contributed by atoms with Gasteiger partial charge in [0.05, 0.1) is 0 Å². The average molecular weight is 187 g/mol. The number of nitrogens with one attached hydrogen (secondary N) is 1. The lowest BCUT2D eigenvalue weighted by molar-refractivity contribution is -0.154. The summed E-state index contributed by atoms with van der Waals surface area (Å²) in [5, 5.41) is 2.66. The Balaban J connectivity index is 3.89. The molecule has 0 bridgehead atoms. The van der Waals surface area contributed by atoms with Crippen molar-refractivity contribution in [3.05, 3.63) is 0 Å². The van der Waals surface area contributed by atoms with Gasteiger partial charge >= 0.3 is 5.97 Å². The van der Waals surface area contributed by atoms with E-state index in [0.29, 0.717) is 6.42 Å². The molecule has 4 nitrogen and oxygen atoms in total. The molecule has 0 radical (unpaired) electrons. The molecular weight excluding hydrogens is 170 g/mol. The molecule has 0 aliphatic carbocycles. The van der Waals surface area contributed by atoms with Gasteiger partial charge in [0.15, 0.2) is 6.10 Å². The van der Waals surface area contributed by atoms with Crippen LogP contribution >= 0.6 is 0 Å². The average Bonchev–Trinajstić information content (AvgIpc) is 2.02. The predicted molar refractivity (Wildman–Crippen MR) is 49.1 cm³/mol. The highest BCUT2D eigenvalue weighted by Crippen LogP contribution is 1.95. The number of hydrogen-bond acceptors (Lipinski definition) is 3. The third-order valence-corrected chi connectivity index (χ3v) is 1.40. The van der Waals surface area contributed by atoms with Crippen LogP contribution in [-0.2, 0) is 14.3 Å². The molecule has 0 fully saturated rings. The topological polar surface area (TPSA) is 55.4 Å². The number of ether oxygens (including phenoxy) is 1. The molecule has 0 aliphatic rings. The van der Waals surface area contributed by atoms with Gasteiger partial charge in [-0.2, -0.15) is 0 Å². The second kappa shape index (κ2) is 5.56. The molecule has 1 unspecified atom stereocenters. The Hall–Kier alpha value is -1.06. The summed E-state index contributed by atoms with van der Waals surface area (Å²) in [5.41, 5.74) is 0. The minimum Gasteiger partial charge on any atom is -0.453 e. The van der Waals surface area contributed by atoms with Crippen LogP contribution in [0.1, 0.15) is 34.1 Å². The van der Waals surface area contributed by atoms with Crippen molar-refractivity contribution < 1.29 is 14.3 Å². The molecule has 1 atom stereocenters. The van der Waals surface area contributed by atoms with E-state index in [1.165, 1.54) is 0 Å². The van der Waals surface area contributed by atoms with Gasteiger partial charge in [0, 0.05) is 12.5 Å². The van der Waals surface area contributed by atoms with Gasteiger partial charge in [0.25, 0.3) is 5.91 Å². The number of esters is 1. The normalized spacial score (nSPS) is 12.4. The van der Waals surface area contributed by atoms with E-state index < -0.39 is 6.10 Å². The molecule has 0 heterocycles. The smallest absolute Gasteiger partial charge is 0.306 e. The summed E-state index contributed by atoms with van der Waals surface area (Å²) in [6.45, 7) is 6.96. The van der Waals surface area contributed by atoms with Crippen LogP contribution in [0.15, 0.2) is 0 Å². The van der Waals surface area contributed by atoms with Gasteiger partial charge in [-0.3, -0.25) is 9.59 Å². The largest absolute Gasteiger partial charge is 0.453 e. The number of amides is 1. The summed E-state index contributed by atoms with van der Waals surface area (Å²) < 4.78 is 4.81. The minimum absolute atomic E-state index is 0.0651. The lowest BCUT2D eigenvalue weighted by Crippen LogP contribution is -2.39. The van der Waals surface area contributed by atoms with Gasteiger partial charge in [0.2, 0.25) is 0 Å². The molecular formula is C9H17NO3. The zero-order valence-electron chi connectivity index (χ0n) is 8.59. The summed E-state index contributed by atoms with van der Waals surface area (Å²) in [7, 11) is 0. The Bertz CT molecular complexity index is 189. The third kappa shape index (κ3) is 5.22. The molecule has 0 rings (SSSR count). The zero-order chi connectivity index (χ0) is 10.4. The van der Waals surface area contributed by atoms with Gasteiger partial charge in [-0.15, -0.1) is 0 Å². The summed E-state index contributed by atoms with van der Waals surface area (Å²) in [5.74, 6) is -0.608. The van der Waals surface area contributed by atoms with Gasteiger partial charge in [0.1, 0.15) is 0 Å².